The van der Waals surface area contributed by atoms with Crippen molar-refractivity contribution in [2.24, 2.45) is 11.3 Å². The minimum atomic E-state index is -5.08. The quantitative estimate of drug-likeness (QED) is 0.698. The lowest BCUT2D eigenvalue weighted by molar-refractivity contribution is -0.192. The summed E-state index contributed by atoms with van der Waals surface area (Å²) in [4.78, 5) is 11.4. The third-order valence-electron chi connectivity index (χ3n) is 6.37. The largest absolute Gasteiger partial charge is 0.490 e. The second-order valence-electron chi connectivity index (χ2n) is 8.58. The number of likely N-dealkylation sites (tertiary alicyclic amines) is 1. The Balaban J connectivity index is 0.000000451. The highest BCUT2D eigenvalue weighted by molar-refractivity contribution is 7.88. The molecule has 2 heterocycles. The van der Waals surface area contributed by atoms with Crippen molar-refractivity contribution in [3.63, 3.8) is 0 Å². The normalized spacial score (nSPS) is 21.9. The van der Waals surface area contributed by atoms with Gasteiger partial charge in [0, 0.05) is 32.7 Å². The molecule has 1 spiro atoms. The Morgan fingerprint density at radius 1 is 1.25 bits per heavy atom. The number of aryl methyl sites for hydroxylation is 1. The molecular formula is C21H31F3N2O5S. The van der Waals surface area contributed by atoms with Crippen LogP contribution < -0.4 is 0 Å². The van der Waals surface area contributed by atoms with Crippen molar-refractivity contribution in [1.82, 2.24) is 9.21 Å². The van der Waals surface area contributed by atoms with E-state index in [1.54, 1.807) is 11.4 Å². The van der Waals surface area contributed by atoms with Crippen molar-refractivity contribution in [3.8, 4) is 0 Å². The highest BCUT2D eigenvalue weighted by atomic mass is 32.2. The van der Waals surface area contributed by atoms with Crippen LogP contribution in [0.5, 0.6) is 0 Å². The van der Waals surface area contributed by atoms with E-state index >= 15 is 0 Å². The Kier molecular flexibility index (Phi) is 8.71. The van der Waals surface area contributed by atoms with Crippen LogP contribution in [0.4, 0.5) is 13.2 Å². The molecule has 3 rings (SSSR count). The Labute approximate surface area is 187 Å². The maximum absolute atomic E-state index is 12.0. The maximum atomic E-state index is 12.0. The molecule has 0 amide bonds. The zero-order chi connectivity index (χ0) is 24.2. The number of halogens is 3. The third kappa shape index (κ3) is 6.90. The van der Waals surface area contributed by atoms with Crippen LogP contribution in [-0.4, -0.2) is 81.0 Å². The second-order valence-corrected chi connectivity index (χ2v) is 10.6. The first kappa shape index (κ1) is 26.6. The van der Waals surface area contributed by atoms with Gasteiger partial charge in [-0.25, -0.2) is 17.5 Å². The maximum Gasteiger partial charge on any atom is 0.490 e. The van der Waals surface area contributed by atoms with E-state index in [0.29, 0.717) is 25.6 Å². The van der Waals surface area contributed by atoms with Gasteiger partial charge in [-0.2, -0.15) is 13.2 Å². The number of hydrogen-bond acceptors (Lipinski definition) is 5. The number of carbonyl (C=O) groups is 1. The second kappa shape index (κ2) is 10.5. The smallest absolute Gasteiger partial charge is 0.475 e. The monoisotopic (exact) mass is 480 g/mol. The Bertz CT molecular complexity index is 884. The highest BCUT2D eigenvalue weighted by Gasteiger charge is 2.50. The zero-order valence-electron chi connectivity index (χ0n) is 18.6. The van der Waals surface area contributed by atoms with Crippen LogP contribution in [-0.2, 0) is 26.1 Å². The van der Waals surface area contributed by atoms with Gasteiger partial charge >= 0.3 is 12.1 Å². The number of sulfonamides is 1. The van der Waals surface area contributed by atoms with Crippen molar-refractivity contribution < 1.29 is 36.2 Å². The number of ether oxygens (including phenoxy) is 1. The molecule has 2 saturated heterocycles. The van der Waals surface area contributed by atoms with Crippen molar-refractivity contribution in [1.29, 1.82) is 0 Å². The molecule has 1 aromatic rings. The lowest BCUT2D eigenvalue weighted by Gasteiger charge is -2.42. The van der Waals surface area contributed by atoms with Gasteiger partial charge < -0.3 is 9.84 Å². The number of aliphatic carboxylic acids is 1. The molecule has 1 aromatic carbocycles. The molecule has 182 valence electrons. The molecule has 1 unspecified atom stereocenters. The van der Waals surface area contributed by atoms with Crippen LogP contribution in [0.3, 0.4) is 0 Å². The summed E-state index contributed by atoms with van der Waals surface area (Å²) >= 11 is 0. The Morgan fingerprint density at radius 2 is 1.81 bits per heavy atom. The number of piperidine rings is 1. The van der Waals surface area contributed by atoms with Crippen molar-refractivity contribution >= 4 is 16.0 Å². The van der Waals surface area contributed by atoms with E-state index in [9.17, 15) is 21.6 Å². The van der Waals surface area contributed by atoms with Crippen LogP contribution in [0, 0.1) is 18.3 Å². The van der Waals surface area contributed by atoms with Crippen LogP contribution >= 0.6 is 0 Å². The van der Waals surface area contributed by atoms with Gasteiger partial charge in [0.05, 0.1) is 12.9 Å². The first-order valence-corrected chi connectivity index (χ1v) is 12.1. The fraction of sp³-hybridized carbons (Fsp3) is 0.667. The molecule has 2 aliphatic heterocycles. The molecule has 0 aliphatic carbocycles. The van der Waals surface area contributed by atoms with Crippen LogP contribution in [0.1, 0.15) is 24.0 Å². The van der Waals surface area contributed by atoms with E-state index in [-0.39, 0.29) is 5.41 Å². The summed E-state index contributed by atoms with van der Waals surface area (Å²) in [5.74, 6) is -2.46. The van der Waals surface area contributed by atoms with Crippen molar-refractivity contribution in [3.05, 3.63) is 35.4 Å². The minimum absolute atomic E-state index is 0.0708. The van der Waals surface area contributed by atoms with Crippen LogP contribution in [0.25, 0.3) is 0 Å². The number of methoxy groups -OCH3 is 1. The lowest BCUT2D eigenvalue weighted by Crippen LogP contribution is -2.45. The Morgan fingerprint density at radius 3 is 2.28 bits per heavy atom. The number of hydrogen-bond donors (Lipinski definition) is 1. The van der Waals surface area contributed by atoms with Gasteiger partial charge in [0.1, 0.15) is 0 Å². The molecule has 1 atom stereocenters. The number of carboxylic acids is 1. The summed E-state index contributed by atoms with van der Waals surface area (Å²) in [6.45, 7) is 7.08. The minimum Gasteiger partial charge on any atom is -0.475 e. The molecule has 32 heavy (non-hydrogen) atoms. The SMILES string of the molecule is COCC1CN(S(C)(=O)=O)CC12CCN(Cc1ccccc1C)CC2.O=C(O)C(F)(F)F. The van der Waals surface area contributed by atoms with Crippen LogP contribution in [0.15, 0.2) is 24.3 Å². The van der Waals surface area contributed by atoms with Gasteiger partial charge in [-0.3, -0.25) is 4.90 Å². The number of benzene rings is 1. The van der Waals surface area contributed by atoms with Gasteiger partial charge in [0.25, 0.3) is 0 Å². The van der Waals surface area contributed by atoms with Gasteiger partial charge in [0.15, 0.2) is 0 Å². The van der Waals surface area contributed by atoms with E-state index < -0.39 is 22.2 Å². The standard InChI is InChI=1S/C19H30N2O3S.C2HF3O2/c1-16-6-4-5-7-17(16)12-20-10-8-19(9-11-20)15-21(25(3,22)23)13-18(19)14-24-2;3-2(4,5)1(6)7/h4-7,18H,8-15H2,1-3H3;(H,6,7). The summed E-state index contributed by atoms with van der Waals surface area (Å²) in [5.41, 5.74) is 2.79. The van der Waals surface area contributed by atoms with Gasteiger partial charge in [-0.15, -0.1) is 0 Å². The summed E-state index contributed by atoms with van der Waals surface area (Å²) in [7, 11) is -1.42. The predicted octanol–water partition coefficient (Wildman–Crippen LogP) is 2.75. The first-order chi connectivity index (χ1) is 14.8. The van der Waals surface area contributed by atoms with E-state index in [1.165, 1.54) is 17.4 Å². The zero-order valence-corrected chi connectivity index (χ0v) is 19.4. The van der Waals surface area contributed by atoms with E-state index in [2.05, 4.69) is 36.1 Å². The highest BCUT2D eigenvalue weighted by Crippen LogP contribution is 2.45. The average molecular weight is 481 g/mol. The molecule has 0 aromatic heterocycles. The van der Waals surface area contributed by atoms with Gasteiger partial charge in [-0.05, 0) is 49.4 Å². The first-order valence-electron chi connectivity index (χ1n) is 10.3. The number of rotatable bonds is 5. The summed E-state index contributed by atoms with van der Waals surface area (Å²) < 4.78 is 62.9. The fourth-order valence-electron chi connectivity index (χ4n) is 4.42. The summed E-state index contributed by atoms with van der Waals surface area (Å²) in [6.07, 6.45) is -1.68. The number of alkyl halides is 3. The van der Waals surface area contributed by atoms with E-state index in [4.69, 9.17) is 14.6 Å². The predicted molar refractivity (Wildman–Crippen MR) is 114 cm³/mol. The van der Waals surface area contributed by atoms with E-state index in [0.717, 1.165) is 32.5 Å². The third-order valence-corrected chi connectivity index (χ3v) is 7.58. The van der Waals surface area contributed by atoms with Gasteiger partial charge in [-0.1, -0.05) is 24.3 Å². The van der Waals surface area contributed by atoms with Gasteiger partial charge in [0.2, 0.25) is 10.0 Å². The molecule has 2 aliphatic rings. The average Bonchev–Trinajstić information content (AvgIpc) is 3.04. The molecule has 7 nitrogen and oxygen atoms in total. The van der Waals surface area contributed by atoms with Crippen molar-refractivity contribution in [2.45, 2.75) is 32.5 Å². The summed E-state index contributed by atoms with van der Waals surface area (Å²) in [5, 5.41) is 7.12. The lowest BCUT2D eigenvalue weighted by atomic mass is 9.71. The van der Waals surface area contributed by atoms with Crippen LogP contribution in [0.2, 0.25) is 0 Å². The molecular weight excluding hydrogens is 449 g/mol. The topological polar surface area (TPSA) is 87.2 Å². The molecule has 1 N–H and O–H groups in total. The van der Waals surface area contributed by atoms with Crippen molar-refractivity contribution in [2.75, 3.05) is 46.2 Å². The molecule has 2 fully saturated rings. The van der Waals surface area contributed by atoms with E-state index in [1.807, 2.05) is 0 Å². The summed E-state index contributed by atoms with van der Waals surface area (Å²) in [6, 6.07) is 8.55. The molecule has 0 radical (unpaired) electrons. The molecule has 0 saturated carbocycles. The molecule has 0 bridgehead atoms. The fourth-order valence-corrected chi connectivity index (χ4v) is 5.36. The molecule has 11 heteroatoms. The Hall–Kier alpha value is -1.69. The number of nitrogens with zero attached hydrogens (tertiary/aromatic N) is 2. The number of carboxylic acid groups (broad SMARTS) is 1.